The van der Waals surface area contributed by atoms with Crippen molar-refractivity contribution in [3.05, 3.63) is 28.7 Å². The third-order valence-corrected chi connectivity index (χ3v) is 7.39. The topological polar surface area (TPSA) is 73.0 Å². The summed E-state index contributed by atoms with van der Waals surface area (Å²) < 4.78 is 29.1. The summed E-state index contributed by atoms with van der Waals surface area (Å²) in [5.41, 5.74) is 0.743. The van der Waals surface area contributed by atoms with Gasteiger partial charge in [0.15, 0.2) is 0 Å². The van der Waals surface area contributed by atoms with Gasteiger partial charge in [0.25, 0.3) is 10.2 Å². The van der Waals surface area contributed by atoms with E-state index in [9.17, 15) is 13.2 Å². The van der Waals surface area contributed by atoms with E-state index in [-0.39, 0.29) is 11.9 Å². The Hall–Kier alpha value is -1.000. The molecule has 1 aromatic rings. The Morgan fingerprint density at radius 1 is 1.15 bits per heavy atom. The highest BCUT2D eigenvalue weighted by atomic mass is 79.9. The summed E-state index contributed by atoms with van der Waals surface area (Å²) in [4.78, 5) is 14.5. The molecule has 0 radical (unpaired) electrons. The molecule has 1 N–H and O–H groups in total. The average Bonchev–Trinajstić information content (AvgIpc) is 2.64. The molecule has 7 nitrogen and oxygen atoms in total. The largest absolute Gasteiger partial charge is 0.325 e. The van der Waals surface area contributed by atoms with Crippen molar-refractivity contribution in [2.45, 2.75) is 26.8 Å². The van der Waals surface area contributed by atoms with Crippen molar-refractivity contribution in [3.63, 3.8) is 0 Å². The van der Waals surface area contributed by atoms with E-state index >= 15 is 0 Å². The summed E-state index contributed by atoms with van der Waals surface area (Å²) in [6.07, 6.45) is 0. The SMILES string of the molecule is CCN(CC)S(=O)(=O)N1CCN(C(C)C(=O)Nc2ccc(Br)cc2)CC1. The number of hydrogen-bond donors (Lipinski definition) is 1. The minimum atomic E-state index is -3.41. The quantitative estimate of drug-likeness (QED) is 0.694. The minimum absolute atomic E-state index is 0.0904. The molecular formula is C17H27BrN4O3S. The number of amides is 1. The molecular weight excluding hydrogens is 420 g/mol. The molecule has 1 atom stereocenters. The van der Waals surface area contributed by atoms with Gasteiger partial charge in [-0.25, -0.2) is 0 Å². The van der Waals surface area contributed by atoms with Crippen molar-refractivity contribution < 1.29 is 13.2 Å². The molecule has 26 heavy (non-hydrogen) atoms. The third kappa shape index (κ3) is 5.04. The van der Waals surface area contributed by atoms with E-state index in [1.54, 1.807) is 0 Å². The van der Waals surface area contributed by atoms with Crippen molar-refractivity contribution in [3.8, 4) is 0 Å². The molecule has 1 amide bonds. The first kappa shape index (κ1) is 21.3. The van der Waals surface area contributed by atoms with Crippen LogP contribution in [0.25, 0.3) is 0 Å². The smallest absolute Gasteiger partial charge is 0.282 e. The van der Waals surface area contributed by atoms with Crippen LogP contribution in [0.5, 0.6) is 0 Å². The Bertz CT molecular complexity index is 699. The van der Waals surface area contributed by atoms with Gasteiger partial charge in [-0.2, -0.15) is 17.0 Å². The van der Waals surface area contributed by atoms with Gasteiger partial charge in [-0.05, 0) is 31.2 Å². The summed E-state index contributed by atoms with van der Waals surface area (Å²) >= 11 is 3.37. The lowest BCUT2D eigenvalue weighted by Gasteiger charge is -2.38. The second-order valence-electron chi connectivity index (χ2n) is 6.20. The van der Waals surface area contributed by atoms with E-state index in [1.807, 2.05) is 49.9 Å². The second-order valence-corrected chi connectivity index (χ2v) is 9.04. The molecule has 1 saturated heterocycles. The molecule has 1 heterocycles. The molecule has 0 aromatic heterocycles. The lowest BCUT2D eigenvalue weighted by molar-refractivity contribution is -0.121. The van der Waals surface area contributed by atoms with Gasteiger partial charge in [0.05, 0.1) is 6.04 Å². The molecule has 2 rings (SSSR count). The number of rotatable bonds is 7. The van der Waals surface area contributed by atoms with Crippen molar-refractivity contribution in [1.29, 1.82) is 0 Å². The van der Waals surface area contributed by atoms with Crippen molar-refractivity contribution in [2.24, 2.45) is 0 Å². The third-order valence-electron chi connectivity index (χ3n) is 4.67. The van der Waals surface area contributed by atoms with Crippen LogP contribution in [0, 0.1) is 0 Å². The molecule has 1 aliphatic heterocycles. The summed E-state index contributed by atoms with van der Waals surface area (Å²) in [7, 11) is -3.41. The summed E-state index contributed by atoms with van der Waals surface area (Å²) in [6.45, 7) is 8.32. The van der Waals surface area contributed by atoms with E-state index in [4.69, 9.17) is 0 Å². The monoisotopic (exact) mass is 446 g/mol. The zero-order valence-electron chi connectivity index (χ0n) is 15.5. The highest BCUT2D eigenvalue weighted by Crippen LogP contribution is 2.17. The first-order chi connectivity index (χ1) is 12.3. The second kappa shape index (κ2) is 9.27. The van der Waals surface area contributed by atoms with Gasteiger partial charge in [-0.1, -0.05) is 29.8 Å². The highest BCUT2D eigenvalue weighted by molar-refractivity contribution is 9.10. The maximum Gasteiger partial charge on any atom is 0.282 e. The number of carbonyl (C=O) groups is 1. The molecule has 9 heteroatoms. The molecule has 146 valence electrons. The lowest BCUT2D eigenvalue weighted by atomic mass is 10.2. The number of hydrogen-bond acceptors (Lipinski definition) is 4. The normalized spacial score (nSPS) is 18.0. The number of carbonyl (C=O) groups excluding carboxylic acids is 1. The van der Waals surface area contributed by atoms with Crippen LogP contribution < -0.4 is 5.32 Å². The molecule has 1 fully saturated rings. The fraction of sp³-hybridized carbons (Fsp3) is 0.588. The standard InChI is InChI=1S/C17H27BrN4O3S/c1-4-21(5-2)26(24,25)22-12-10-20(11-13-22)14(3)17(23)19-16-8-6-15(18)7-9-16/h6-9,14H,4-5,10-13H2,1-3H3,(H,19,23). The Balaban J connectivity index is 1.92. The fourth-order valence-electron chi connectivity index (χ4n) is 2.98. The first-order valence-corrected chi connectivity index (χ1v) is 11.0. The molecule has 0 aliphatic carbocycles. The number of nitrogens with zero attached hydrogens (tertiary/aromatic N) is 3. The Labute approximate surface area is 164 Å². The highest BCUT2D eigenvalue weighted by Gasteiger charge is 2.33. The van der Waals surface area contributed by atoms with Gasteiger partial charge in [-0.15, -0.1) is 0 Å². The molecule has 1 aromatic carbocycles. The van der Waals surface area contributed by atoms with Gasteiger partial charge in [-0.3, -0.25) is 9.69 Å². The van der Waals surface area contributed by atoms with E-state index in [2.05, 4.69) is 21.2 Å². The first-order valence-electron chi connectivity index (χ1n) is 8.85. The van der Waals surface area contributed by atoms with Crippen LogP contribution in [0.4, 0.5) is 5.69 Å². The summed E-state index contributed by atoms with van der Waals surface area (Å²) in [5.74, 6) is -0.0904. The predicted octanol–water partition coefficient (Wildman–Crippen LogP) is 1.98. The Morgan fingerprint density at radius 3 is 2.19 bits per heavy atom. The van der Waals surface area contributed by atoms with Crippen LogP contribution in [-0.4, -0.2) is 73.1 Å². The van der Waals surface area contributed by atoms with Crippen LogP contribution in [0.3, 0.4) is 0 Å². The Kier molecular flexibility index (Phi) is 7.60. The number of halogens is 1. The number of benzene rings is 1. The van der Waals surface area contributed by atoms with Gasteiger partial charge >= 0.3 is 0 Å². The van der Waals surface area contributed by atoms with Gasteiger partial charge in [0.2, 0.25) is 5.91 Å². The van der Waals surface area contributed by atoms with Gasteiger partial charge in [0.1, 0.15) is 0 Å². The van der Waals surface area contributed by atoms with E-state index in [0.717, 1.165) is 10.2 Å². The maximum absolute atomic E-state index is 12.6. The van der Waals surface area contributed by atoms with E-state index in [0.29, 0.717) is 39.3 Å². The van der Waals surface area contributed by atoms with Crippen molar-refractivity contribution in [1.82, 2.24) is 13.5 Å². The number of nitrogens with one attached hydrogen (secondary N) is 1. The zero-order valence-corrected chi connectivity index (χ0v) is 17.9. The summed E-state index contributed by atoms with van der Waals surface area (Å²) in [6, 6.07) is 7.10. The molecule has 0 spiro atoms. The van der Waals surface area contributed by atoms with Crippen molar-refractivity contribution >= 4 is 37.7 Å². The molecule has 1 aliphatic rings. The minimum Gasteiger partial charge on any atom is -0.325 e. The van der Waals surface area contributed by atoms with Crippen LogP contribution in [-0.2, 0) is 15.0 Å². The van der Waals surface area contributed by atoms with Crippen LogP contribution in [0.2, 0.25) is 0 Å². The lowest BCUT2D eigenvalue weighted by Crippen LogP contribution is -2.56. The fourth-order valence-corrected chi connectivity index (χ4v) is 4.85. The summed E-state index contributed by atoms with van der Waals surface area (Å²) in [5, 5.41) is 2.90. The number of anilines is 1. The number of piperazine rings is 1. The van der Waals surface area contributed by atoms with E-state index < -0.39 is 10.2 Å². The van der Waals surface area contributed by atoms with Gasteiger partial charge < -0.3 is 5.32 Å². The van der Waals surface area contributed by atoms with Crippen LogP contribution in [0.15, 0.2) is 28.7 Å². The van der Waals surface area contributed by atoms with Crippen molar-refractivity contribution in [2.75, 3.05) is 44.6 Å². The predicted molar refractivity (Wildman–Crippen MR) is 107 cm³/mol. The average molecular weight is 447 g/mol. The van der Waals surface area contributed by atoms with Gasteiger partial charge in [0, 0.05) is 49.4 Å². The Morgan fingerprint density at radius 2 is 1.69 bits per heavy atom. The zero-order chi connectivity index (χ0) is 19.3. The molecule has 0 saturated carbocycles. The van der Waals surface area contributed by atoms with E-state index in [1.165, 1.54) is 8.61 Å². The van der Waals surface area contributed by atoms with Crippen LogP contribution >= 0.6 is 15.9 Å². The molecule has 0 bridgehead atoms. The molecule has 1 unspecified atom stereocenters. The maximum atomic E-state index is 12.6. The van der Waals surface area contributed by atoms with Crippen LogP contribution in [0.1, 0.15) is 20.8 Å².